The van der Waals surface area contributed by atoms with Gasteiger partial charge in [-0.05, 0) is 48.6 Å². The van der Waals surface area contributed by atoms with E-state index in [1.807, 2.05) is 6.07 Å². The molecule has 126 valence electrons. The van der Waals surface area contributed by atoms with E-state index in [9.17, 15) is 14.7 Å². The molecule has 1 aliphatic carbocycles. The lowest BCUT2D eigenvalue weighted by atomic mass is 10.1. The number of methoxy groups -OCH3 is 1. The molecule has 1 amide bonds. The molecule has 0 aliphatic heterocycles. The average molecular weight is 366 g/mol. The van der Waals surface area contributed by atoms with Crippen molar-refractivity contribution in [3.63, 3.8) is 0 Å². The fraction of sp³-hybridized carbons (Fsp3) is 0.294. The van der Waals surface area contributed by atoms with E-state index < -0.39 is 12.0 Å². The number of ether oxygens (including phenoxy) is 1. The minimum absolute atomic E-state index is 0.297. The number of carboxylic acids is 1. The Bertz CT molecular complexity index is 780. The van der Waals surface area contributed by atoms with Gasteiger partial charge in [-0.25, -0.2) is 4.79 Å². The van der Waals surface area contributed by atoms with Gasteiger partial charge >= 0.3 is 5.97 Å². The third-order valence-corrected chi connectivity index (χ3v) is 5.53. The topological polar surface area (TPSA) is 75.6 Å². The highest BCUT2D eigenvalue weighted by Crippen LogP contribution is 2.31. The smallest absolute Gasteiger partial charge is 0.330 e. The van der Waals surface area contributed by atoms with E-state index in [4.69, 9.17) is 16.3 Å². The standard InChI is InChI=1S/C17H16ClNO4S/c1-23-12-6-5-10(7-11(12)18)15(17(21)22)19-16(20)14-8-9-3-2-4-13(9)24-14/h5-8,15H,2-4H2,1H3,(H,19,20)(H,21,22). The van der Waals surface area contributed by atoms with Crippen LogP contribution in [0.15, 0.2) is 24.3 Å². The molecule has 0 fully saturated rings. The van der Waals surface area contributed by atoms with Crippen LogP contribution in [0.4, 0.5) is 0 Å². The summed E-state index contributed by atoms with van der Waals surface area (Å²) in [6.07, 6.45) is 3.09. The van der Waals surface area contributed by atoms with Crippen molar-refractivity contribution in [2.75, 3.05) is 7.11 Å². The number of fused-ring (bicyclic) bond motifs is 1. The van der Waals surface area contributed by atoms with Crippen molar-refractivity contribution in [3.05, 3.63) is 50.2 Å². The Morgan fingerprint density at radius 1 is 1.33 bits per heavy atom. The molecular formula is C17H16ClNO4S. The largest absolute Gasteiger partial charge is 0.495 e. The predicted molar refractivity (Wildman–Crippen MR) is 92.2 cm³/mol. The lowest BCUT2D eigenvalue weighted by molar-refractivity contribution is -0.139. The molecule has 2 aromatic rings. The highest BCUT2D eigenvalue weighted by Gasteiger charge is 2.25. The fourth-order valence-corrected chi connectivity index (χ4v) is 4.22. The highest BCUT2D eigenvalue weighted by atomic mass is 35.5. The van der Waals surface area contributed by atoms with Crippen LogP contribution >= 0.6 is 22.9 Å². The molecule has 0 bridgehead atoms. The first-order chi connectivity index (χ1) is 11.5. The molecule has 7 heteroatoms. The van der Waals surface area contributed by atoms with E-state index >= 15 is 0 Å². The minimum Gasteiger partial charge on any atom is -0.495 e. The SMILES string of the molecule is COc1ccc(C(NC(=O)c2cc3c(s2)CCC3)C(=O)O)cc1Cl. The second-order valence-electron chi connectivity index (χ2n) is 5.55. The third kappa shape index (κ3) is 3.25. The van der Waals surface area contributed by atoms with E-state index in [1.54, 1.807) is 12.1 Å². The molecule has 3 rings (SSSR count). The Balaban J connectivity index is 1.82. The van der Waals surface area contributed by atoms with Gasteiger partial charge in [0.05, 0.1) is 17.0 Å². The van der Waals surface area contributed by atoms with Crippen LogP contribution in [0.5, 0.6) is 5.75 Å². The van der Waals surface area contributed by atoms with E-state index in [1.165, 1.54) is 35.0 Å². The van der Waals surface area contributed by atoms with Crippen molar-refractivity contribution in [2.45, 2.75) is 25.3 Å². The number of amides is 1. The summed E-state index contributed by atoms with van der Waals surface area (Å²) in [6, 6.07) is 5.35. The molecule has 24 heavy (non-hydrogen) atoms. The average Bonchev–Trinajstić information content (AvgIpc) is 3.13. The van der Waals surface area contributed by atoms with Gasteiger partial charge in [-0.1, -0.05) is 17.7 Å². The van der Waals surface area contributed by atoms with Crippen LogP contribution in [-0.2, 0) is 17.6 Å². The number of aryl methyl sites for hydroxylation is 2. The molecule has 0 saturated carbocycles. The summed E-state index contributed by atoms with van der Waals surface area (Å²) in [5, 5.41) is 12.3. The summed E-state index contributed by atoms with van der Waals surface area (Å²) in [5.74, 6) is -1.08. The number of rotatable bonds is 5. The van der Waals surface area contributed by atoms with Crippen LogP contribution in [-0.4, -0.2) is 24.1 Å². The van der Waals surface area contributed by atoms with Gasteiger partial charge in [0.2, 0.25) is 0 Å². The molecule has 5 nitrogen and oxygen atoms in total. The van der Waals surface area contributed by atoms with Gasteiger partial charge in [0.25, 0.3) is 5.91 Å². The Morgan fingerprint density at radius 3 is 2.75 bits per heavy atom. The van der Waals surface area contributed by atoms with Crippen molar-refractivity contribution in [3.8, 4) is 5.75 Å². The third-order valence-electron chi connectivity index (χ3n) is 4.00. The summed E-state index contributed by atoms with van der Waals surface area (Å²) in [7, 11) is 1.48. The zero-order chi connectivity index (χ0) is 17.3. The van der Waals surface area contributed by atoms with Gasteiger partial charge in [0.1, 0.15) is 5.75 Å². The number of hydrogen-bond donors (Lipinski definition) is 2. The molecule has 2 N–H and O–H groups in total. The molecule has 1 heterocycles. The summed E-state index contributed by atoms with van der Waals surface area (Å²) < 4.78 is 5.06. The lowest BCUT2D eigenvalue weighted by Crippen LogP contribution is -2.33. The van der Waals surface area contributed by atoms with Crippen molar-refractivity contribution in [1.82, 2.24) is 5.32 Å². The van der Waals surface area contributed by atoms with E-state index in [-0.39, 0.29) is 5.91 Å². The second kappa shape index (κ2) is 6.83. The van der Waals surface area contributed by atoms with Crippen LogP contribution in [0.25, 0.3) is 0 Å². The maximum atomic E-state index is 12.4. The second-order valence-corrected chi connectivity index (χ2v) is 7.10. The first-order valence-corrected chi connectivity index (χ1v) is 8.67. The molecule has 1 aromatic heterocycles. The van der Waals surface area contributed by atoms with Gasteiger partial charge in [0, 0.05) is 4.88 Å². The Morgan fingerprint density at radius 2 is 2.12 bits per heavy atom. The first kappa shape index (κ1) is 16.8. The van der Waals surface area contributed by atoms with E-state index in [0.29, 0.717) is 21.2 Å². The fourth-order valence-electron chi connectivity index (χ4n) is 2.79. The molecule has 0 saturated heterocycles. The molecule has 1 aliphatic rings. The van der Waals surface area contributed by atoms with Crippen molar-refractivity contribution < 1.29 is 19.4 Å². The predicted octanol–water partition coefficient (Wildman–Crippen LogP) is 3.45. The van der Waals surface area contributed by atoms with Crippen LogP contribution in [0.3, 0.4) is 0 Å². The number of hydrogen-bond acceptors (Lipinski definition) is 4. The van der Waals surface area contributed by atoms with Crippen molar-refractivity contribution in [1.29, 1.82) is 0 Å². The maximum Gasteiger partial charge on any atom is 0.330 e. The number of aliphatic carboxylic acids is 1. The Labute approximate surface area is 148 Å². The zero-order valence-corrected chi connectivity index (χ0v) is 14.5. The van der Waals surface area contributed by atoms with Crippen molar-refractivity contribution >= 4 is 34.8 Å². The highest BCUT2D eigenvalue weighted by molar-refractivity contribution is 7.14. The van der Waals surface area contributed by atoms with Crippen LogP contribution in [0.2, 0.25) is 5.02 Å². The summed E-state index contributed by atoms with van der Waals surface area (Å²) in [6.45, 7) is 0. The molecular weight excluding hydrogens is 350 g/mol. The van der Waals surface area contributed by atoms with Crippen molar-refractivity contribution in [2.24, 2.45) is 0 Å². The number of nitrogens with one attached hydrogen (secondary N) is 1. The number of thiophene rings is 1. The van der Waals surface area contributed by atoms with Crippen LogP contribution < -0.4 is 10.1 Å². The number of benzene rings is 1. The number of carbonyl (C=O) groups excluding carboxylic acids is 1. The molecule has 1 atom stereocenters. The van der Waals surface area contributed by atoms with Gasteiger partial charge in [-0.3, -0.25) is 4.79 Å². The zero-order valence-electron chi connectivity index (χ0n) is 13.0. The summed E-state index contributed by atoms with van der Waals surface area (Å²) in [4.78, 5) is 25.8. The van der Waals surface area contributed by atoms with Gasteiger partial charge < -0.3 is 15.2 Å². The summed E-state index contributed by atoms with van der Waals surface area (Å²) >= 11 is 7.49. The number of carboxylic acid groups (broad SMARTS) is 1. The van der Waals surface area contributed by atoms with Gasteiger partial charge in [-0.2, -0.15) is 0 Å². The normalized spacial score (nSPS) is 14.1. The first-order valence-electron chi connectivity index (χ1n) is 7.48. The van der Waals surface area contributed by atoms with Crippen LogP contribution in [0.1, 0.15) is 38.1 Å². The van der Waals surface area contributed by atoms with E-state index in [0.717, 1.165) is 19.3 Å². The molecule has 1 aromatic carbocycles. The van der Waals surface area contributed by atoms with Crippen LogP contribution in [0, 0.1) is 0 Å². The molecule has 0 spiro atoms. The summed E-state index contributed by atoms with van der Waals surface area (Å²) in [5.41, 5.74) is 1.59. The van der Waals surface area contributed by atoms with Gasteiger partial charge in [-0.15, -0.1) is 11.3 Å². The van der Waals surface area contributed by atoms with E-state index in [2.05, 4.69) is 5.32 Å². The Hall–Kier alpha value is -2.05. The molecule has 0 radical (unpaired) electrons. The van der Waals surface area contributed by atoms with Gasteiger partial charge in [0.15, 0.2) is 6.04 Å². The number of halogens is 1. The maximum absolute atomic E-state index is 12.4. The monoisotopic (exact) mass is 365 g/mol. The Kier molecular flexibility index (Phi) is 4.78. The number of carbonyl (C=O) groups is 2. The quantitative estimate of drug-likeness (QED) is 0.850. The lowest BCUT2D eigenvalue weighted by Gasteiger charge is -2.15. The molecule has 1 unspecified atom stereocenters. The minimum atomic E-state index is -1.17.